The lowest BCUT2D eigenvalue weighted by Gasteiger charge is -2.40. The van der Waals surface area contributed by atoms with Gasteiger partial charge in [-0.2, -0.15) is 0 Å². The Bertz CT molecular complexity index is 756. The van der Waals surface area contributed by atoms with Crippen molar-refractivity contribution in [3.05, 3.63) is 0 Å². The van der Waals surface area contributed by atoms with Crippen molar-refractivity contribution in [2.24, 2.45) is 0 Å². The fourth-order valence-electron chi connectivity index (χ4n) is 6.98. The van der Waals surface area contributed by atoms with Gasteiger partial charge in [-0.3, -0.25) is 4.79 Å². The number of unbranched alkanes of at least 4 members (excludes halogenated alkanes) is 25. The van der Waals surface area contributed by atoms with Gasteiger partial charge in [0.2, 0.25) is 5.91 Å². The van der Waals surface area contributed by atoms with E-state index in [0.717, 1.165) is 51.4 Å². The fourth-order valence-corrected chi connectivity index (χ4v) is 6.98. The van der Waals surface area contributed by atoms with Gasteiger partial charge in [-0.15, -0.1) is 0 Å². The van der Waals surface area contributed by atoms with Gasteiger partial charge in [0.1, 0.15) is 24.4 Å². The molecule has 9 nitrogen and oxygen atoms in total. The van der Waals surface area contributed by atoms with Crippen LogP contribution < -0.4 is 5.32 Å². The molecule has 0 radical (unpaired) electrons. The lowest BCUT2D eigenvalue weighted by molar-refractivity contribution is -0.302. The molecule has 1 fully saturated rings. The van der Waals surface area contributed by atoms with E-state index in [9.17, 15) is 30.3 Å². The zero-order valence-electron chi connectivity index (χ0n) is 32.4. The first-order chi connectivity index (χ1) is 24.3. The van der Waals surface area contributed by atoms with E-state index < -0.39 is 49.5 Å². The number of aliphatic hydroxyl groups is 5. The van der Waals surface area contributed by atoms with Crippen molar-refractivity contribution in [1.29, 1.82) is 0 Å². The van der Waals surface area contributed by atoms with Gasteiger partial charge in [0, 0.05) is 6.42 Å². The summed E-state index contributed by atoms with van der Waals surface area (Å²) in [6.07, 6.45) is 27.4. The number of ether oxygens (including phenoxy) is 2. The molecular formula is C41H81NO8. The van der Waals surface area contributed by atoms with Crippen molar-refractivity contribution in [1.82, 2.24) is 5.32 Å². The number of hydrogen-bond acceptors (Lipinski definition) is 8. The number of aliphatic hydroxyl groups excluding tert-OH is 5. The van der Waals surface area contributed by atoms with Crippen LogP contribution in [-0.4, -0.2) is 87.5 Å². The van der Waals surface area contributed by atoms with Crippen molar-refractivity contribution >= 4 is 5.91 Å². The molecule has 0 aromatic rings. The predicted octanol–water partition coefficient (Wildman–Crippen LogP) is 8.00. The third-order valence-electron chi connectivity index (χ3n) is 10.5. The van der Waals surface area contributed by atoms with Crippen molar-refractivity contribution in [3.8, 4) is 0 Å². The Morgan fingerprint density at radius 2 is 1.00 bits per heavy atom. The lowest BCUT2D eigenvalue weighted by atomic mass is 9.99. The van der Waals surface area contributed by atoms with E-state index in [1.165, 1.54) is 122 Å². The van der Waals surface area contributed by atoms with Crippen molar-refractivity contribution in [2.75, 3.05) is 13.2 Å². The number of nitrogens with one attached hydrogen (secondary N) is 1. The highest BCUT2D eigenvalue weighted by Crippen LogP contribution is 2.23. The molecule has 0 aromatic carbocycles. The fraction of sp³-hybridized carbons (Fsp3) is 0.976. The number of amides is 1. The molecule has 1 aliphatic heterocycles. The first-order valence-electron chi connectivity index (χ1n) is 21.2. The monoisotopic (exact) mass is 716 g/mol. The molecule has 1 aliphatic rings. The standard InChI is InChI=1S/C41H81NO8/c1-3-5-7-9-10-11-12-13-14-15-16-17-18-19-20-21-22-23-24-25-27-29-31-37(45)42-34(35(44)30-28-26-8-6-4-2)33-49-41-40(48)39(47)38(46)36(32-43)50-41/h34-36,38-41,43-44,46-48H,3-33H2,1-2H3,(H,42,45). The summed E-state index contributed by atoms with van der Waals surface area (Å²) in [6.45, 7) is 3.75. The van der Waals surface area contributed by atoms with Crippen LogP contribution >= 0.6 is 0 Å². The van der Waals surface area contributed by atoms with Gasteiger partial charge in [-0.05, 0) is 12.8 Å². The molecule has 0 spiro atoms. The molecule has 0 bridgehead atoms. The minimum Gasteiger partial charge on any atom is -0.394 e. The minimum atomic E-state index is -1.55. The smallest absolute Gasteiger partial charge is 0.220 e. The van der Waals surface area contributed by atoms with Crippen LogP contribution in [-0.2, 0) is 14.3 Å². The van der Waals surface area contributed by atoms with Crippen LogP contribution in [0, 0.1) is 0 Å². The quantitative estimate of drug-likeness (QED) is 0.0362. The highest BCUT2D eigenvalue weighted by molar-refractivity contribution is 5.76. The second kappa shape index (κ2) is 32.8. The molecule has 298 valence electrons. The van der Waals surface area contributed by atoms with Crippen LogP contribution in [0.1, 0.15) is 200 Å². The van der Waals surface area contributed by atoms with Gasteiger partial charge < -0.3 is 40.3 Å². The average molecular weight is 716 g/mol. The maximum Gasteiger partial charge on any atom is 0.220 e. The average Bonchev–Trinajstić information content (AvgIpc) is 3.11. The van der Waals surface area contributed by atoms with E-state index >= 15 is 0 Å². The molecule has 7 unspecified atom stereocenters. The highest BCUT2D eigenvalue weighted by atomic mass is 16.7. The van der Waals surface area contributed by atoms with Crippen LogP contribution in [0.3, 0.4) is 0 Å². The number of hydrogen-bond donors (Lipinski definition) is 6. The summed E-state index contributed by atoms with van der Waals surface area (Å²) in [4.78, 5) is 12.8. The molecule has 0 aromatic heterocycles. The number of carbonyl (C=O) groups excluding carboxylic acids is 1. The van der Waals surface area contributed by atoms with Crippen molar-refractivity contribution in [2.45, 2.75) is 243 Å². The molecule has 1 saturated heterocycles. The van der Waals surface area contributed by atoms with Gasteiger partial charge in [0.05, 0.1) is 25.4 Å². The summed E-state index contributed by atoms with van der Waals surface area (Å²) >= 11 is 0. The van der Waals surface area contributed by atoms with Gasteiger partial charge >= 0.3 is 0 Å². The summed E-state index contributed by atoms with van der Waals surface area (Å²) < 4.78 is 11.1. The summed E-state index contributed by atoms with van der Waals surface area (Å²) in [5.41, 5.74) is 0. The van der Waals surface area contributed by atoms with Crippen molar-refractivity contribution < 1.29 is 39.8 Å². The molecule has 9 heteroatoms. The van der Waals surface area contributed by atoms with E-state index in [-0.39, 0.29) is 12.5 Å². The summed E-state index contributed by atoms with van der Waals surface area (Å²) in [5, 5.41) is 53.8. The van der Waals surface area contributed by atoms with E-state index in [1.54, 1.807) is 0 Å². The Labute approximate surface area is 306 Å². The maximum atomic E-state index is 12.8. The molecular weight excluding hydrogens is 634 g/mol. The van der Waals surface area contributed by atoms with E-state index in [0.29, 0.717) is 12.8 Å². The SMILES string of the molecule is CCCCCCCCCCCCCCCCCCCCCCCCC(=O)NC(COC1OC(CO)C(O)C(O)C1O)C(O)CCCCCCC. The van der Waals surface area contributed by atoms with Gasteiger partial charge in [-0.1, -0.05) is 181 Å². The second-order valence-corrected chi connectivity index (χ2v) is 15.1. The van der Waals surface area contributed by atoms with Gasteiger partial charge in [-0.25, -0.2) is 0 Å². The third-order valence-corrected chi connectivity index (χ3v) is 10.5. The zero-order valence-corrected chi connectivity index (χ0v) is 32.4. The summed E-state index contributed by atoms with van der Waals surface area (Å²) in [5.74, 6) is -0.148. The topological polar surface area (TPSA) is 149 Å². The Morgan fingerprint density at radius 1 is 0.600 bits per heavy atom. The van der Waals surface area contributed by atoms with Crippen LogP contribution in [0.5, 0.6) is 0 Å². The zero-order chi connectivity index (χ0) is 36.7. The number of carbonyl (C=O) groups is 1. The Hall–Kier alpha value is -0.810. The molecule has 1 heterocycles. The van der Waals surface area contributed by atoms with Crippen LogP contribution in [0.15, 0.2) is 0 Å². The minimum absolute atomic E-state index is 0.135. The molecule has 1 rings (SSSR count). The first-order valence-corrected chi connectivity index (χ1v) is 21.2. The predicted molar refractivity (Wildman–Crippen MR) is 203 cm³/mol. The van der Waals surface area contributed by atoms with E-state index in [4.69, 9.17) is 9.47 Å². The Balaban J connectivity index is 2.15. The molecule has 50 heavy (non-hydrogen) atoms. The third kappa shape index (κ3) is 23.7. The van der Waals surface area contributed by atoms with Gasteiger partial charge in [0.15, 0.2) is 6.29 Å². The molecule has 0 aliphatic carbocycles. The first kappa shape index (κ1) is 47.2. The highest BCUT2D eigenvalue weighted by Gasteiger charge is 2.44. The van der Waals surface area contributed by atoms with Crippen LogP contribution in [0.2, 0.25) is 0 Å². The Kier molecular flexibility index (Phi) is 31.0. The molecule has 0 saturated carbocycles. The van der Waals surface area contributed by atoms with E-state index in [2.05, 4.69) is 19.2 Å². The molecule has 6 N–H and O–H groups in total. The normalized spacial score (nSPS) is 22.1. The van der Waals surface area contributed by atoms with E-state index in [1.807, 2.05) is 0 Å². The van der Waals surface area contributed by atoms with Crippen molar-refractivity contribution in [3.63, 3.8) is 0 Å². The lowest BCUT2D eigenvalue weighted by Crippen LogP contribution is -2.60. The summed E-state index contributed by atoms with van der Waals surface area (Å²) in [6, 6.07) is -0.708. The molecule has 7 atom stereocenters. The molecule has 1 amide bonds. The van der Waals surface area contributed by atoms with Gasteiger partial charge in [0.25, 0.3) is 0 Å². The number of rotatable bonds is 35. The maximum absolute atomic E-state index is 12.8. The second-order valence-electron chi connectivity index (χ2n) is 15.1. The Morgan fingerprint density at radius 3 is 1.42 bits per heavy atom. The largest absolute Gasteiger partial charge is 0.394 e. The van der Waals surface area contributed by atoms with Crippen LogP contribution in [0.25, 0.3) is 0 Å². The summed E-state index contributed by atoms with van der Waals surface area (Å²) in [7, 11) is 0. The van der Waals surface area contributed by atoms with Crippen LogP contribution in [0.4, 0.5) is 0 Å².